The molecule has 92 valence electrons. The maximum absolute atomic E-state index is 11.8. The third-order valence-corrected chi connectivity index (χ3v) is 3.33. The fourth-order valence-electron chi connectivity index (χ4n) is 2.11. The summed E-state index contributed by atoms with van der Waals surface area (Å²) in [5.74, 6) is 0.628. The number of aromatic nitrogens is 1. The van der Waals surface area contributed by atoms with Crippen LogP contribution < -0.4 is 5.32 Å². The van der Waals surface area contributed by atoms with Gasteiger partial charge in [0.2, 0.25) is 0 Å². The Hall–Kier alpha value is -1.42. The number of hydrogen-bond acceptors (Lipinski definition) is 3. The minimum Gasteiger partial charge on any atom is -0.352 e. The summed E-state index contributed by atoms with van der Waals surface area (Å²) in [6, 6.07) is 3.48. The van der Waals surface area contributed by atoms with E-state index < -0.39 is 0 Å². The molecule has 2 heterocycles. The normalized spacial score (nSPS) is 17.9. The van der Waals surface area contributed by atoms with Crippen LogP contribution >= 0.6 is 0 Å². The van der Waals surface area contributed by atoms with Crippen molar-refractivity contribution in [2.24, 2.45) is 5.92 Å². The average molecular weight is 233 g/mol. The van der Waals surface area contributed by atoms with Gasteiger partial charge in [0.1, 0.15) is 0 Å². The molecule has 1 aromatic heterocycles. The molecule has 1 aliphatic rings. The molecule has 17 heavy (non-hydrogen) atoms. The fraction of sp³-hybridized carbons (Fsp3) is 0.538. The molecule has 1 aromatic rings. The van der Waals surface area contributed by atoms with Gasteiger partial charge in [-0.3, -0.25) is 9.78 Å². The number of likely N-dealkylation sites (tertiary alicyclic amines) is 1. The van der Waals surface area contributed by atoms with Gasteiger partial charge < -0.3 is 10.2 Å². The zero-order chi connectivity index (χ0) is 12.1. The SMILES string of the molecule is CN1CCC(CNC(=O)c2ccncc2)CC1. The summed E-state index contributed by atoms with van der Waals surface area (Å²) in [6.07, 6.45) is 5.63. The van der Waals surface area contributed by atoms with Crippen LogP contribution in [0.3, 0.4) is 0 Å². The van der Waals surface area contributed by atoms with Crippen LogP contribution in [0, 0.1) is 5.92 Å². The van der Waals surface area contributed by atoms with Crippen molar-refractivity contribution < 1.29 is 4.79 Å². The molecule has 1 fully saturated rings. The molecule has 0 unspecified atom stereocenters. The molecular formula is C13H19N3O. The Balaban J connectivity index is 1.77. The van der Waals surface area contributed by atoms with Crippen LogP contribution in [-0.4, -0.2) is 42.5 Å². The van der Waals surface area contributed by atoms with E-state index in [4.69, 9.17) is 0 Å². The van der Waals surface area contributed by atoms with Gasteiger partial charge in [-0.25, -0.2) is 0 Å². The second-order valence-electron chi connectivity index (χ2n) is 4.69. The molecule has 1 saturated heterocycles. The van der Waals surface area contributed by atoms with E-state index in [0.29, 0.717) is 11.5 Å². The molecule has 4 heteroatoms. The standard InChI is InChI=1S/C13H19N3O/c1-16-8-4-11(5-9-16)10-15-13(17)12-2-6-14-7-3-12/h2-3,6-7,11H,4-5,8-10H2,1H3,(H,15,17). The highest BCUT2D eigenvalue weighted by Gasteiger charge is 2.17. The highest BCUT2D eigenvalue weighted by Crippen LogP contribution is 2.14. The third kappa shape index (κ3) is 3.53. The van der Waals surface area contributed by atoms with Crippen molar-refractivity contribution in [1.29, 1.82) is 0 Å². The monoisotopic (exact) mass is 233 g/mol. The van der Waals surface area contributed by atoms with Crippen LogP contribution in [0.1, 0.15) is 23.2 Å². The van der Waals surface area contributed by atoms with Crippen molar-refractivity contribution in [3.63, 3.8) is 0 Å². The molecule has 0 bridgehead atoms. The zero-order valence-corrected chi connectivity index (χ0v) is 10.2. The lowest BCUT2D eigenvalue weighted by atomic mass is 9.97. The van der Waals surface area contributed by atoms with Crippen molar-refractivity contribution in [3.8, 4) is 0 Å². The maximum atomic E-state index is 11.8. The predicted molar refractivity (Wildman–Crippen MR) is 66.8 cm³/mol. The Bertz CT molecular complexity index is 358. The Morgan fingerprint density at radius 2 is 2.06 bits per heavy atom. The first-order valence-electron chi connectivity index (χ1n) is 6.12. The van der Waals surface area contributed by atoms with Gasteiger partial charge in [0.25, 0.3) is 5.91 Å². The third-order valence-electron chi connectivity index (χ3n) is 3.33. The molecule has 0 aliphatic carbocycles. The maximum Gasteiger partial charge on any atom is 0.251 e. The number of amides is 1. The summed E-state index contributed by atoms with van der Waals surface area (Å²) >= 11 is 0. The van der Waals surface area contributed by atoms with E-state index in [0.717, 1.165) is 19.6 Å². The second-order valence-corrected chi connectivity index (χ2v) is 4.69. The van der Waals surface area contributed by atoms with Crippen molar-refractivity contribution in [3.05, 3.63) is 30.1 Å². The Labute approximate surface area is 102 Å². The highest BCUT2D eigenvalue weighted by atomic mass is 16.1. The molecule has 2 rings (SSSR count). The van der Waals surface area contributed by atoms with Gasteiger partial charge in [-0.05, 0) is 51.0 Å². The summed E-state index contributed by atoms with van der Waals surface area (Å²) < 4.78 is 0. The molecule has 4 nitrogen and oxygen atoms in total. The Kier molecular flexibility index (Phi) is 4.09. The lowest BCUT2D eigenvalue weighted by Gasteiger charge is -2.28. The van der Waals surface area contributed by atoms with Crippen LogP contribution in [0.25, 0.3) is 0 Å². The summed E-state index contributed by atoms with van der Waals surface area (Å²) in [6.45, 7) is 3.06. The number of carbonyl (C=O) groups is 1. The number of rotatable bonds is 3. The largest absolute Gasteiger partial charge is 0.352 e. The molecule has 0 aromatic carbocycles. The summed E-state index contributed by atoms with van der Waals surface area (Å²) in [5.41, 5.74) is 0.688. The number of pyridine rings is 1. The molecule has 0 spiro atoms. The van der Waals surface area contributed by atoms with Crippen LogP contribution in [0.4, 0.5) is 0 Å². The second kappa shape index (κ2) is 5.77. The molecule has 1 N–H and O–H groups in total. The summed E-state index contributed by atoms with van der Waals surface area (Å²) in [4.78, 5) is 18.0. The van der Waals surface area contributed by atoms with E-state index in [2.05, 4.69) is 22.2 Å². The number of nitrogens with zero attached hydrogens (tertiary/aromatic N) is 2. The fourth-order valence-corrected chi connectivity index (χ4v) is 2.11. The van der Waals surface area contributed by atoms with Gasteiger partial charge in [0.15, 0.2) is 0 Å². The van der Waals surface area contributed by atoms with E-state index in [-0.39, 0.29) is 5.91 Å². The van der Waals surface area contributed by atoms with E-state index in [1.165, 1.54) is 12.8 Å². The van der Waals surface area contributed by atoms with Crippen molar-refractivity contribution in [2.45, 2.75) is 12.8 Å². The topological polar surface area (TPSA) is 45.2 Å². The zero-order valence-electron chi connectivity index (χ0n) is 10.2. The van der Waals surface area contributed by atoms with Gasteiger partial charge in [-0.1, -0.05) is 0 Å². The van der Waals surface area contributed by atoms with Crippen molar-refractivity contribution in [1.82, 2.24) is 15.2 Å². The molecule has 0 radical (unpaired) electrons. The van der Waals surface area contributed by atoms with Gasteiger partial charge >= 0.3 is 0 Å². The lowest BCUT2D eigenvalue weighted by molar-refractivity contribution is 0.0939. The summed E-state index contributed by atoms with van der Waals surface area (Å²) in [7, 11) is 2.14. The van der Waals surface area contributed by atoms with Crippen LogP contribution in [0.15, 0.2) is 24.5 Å². The van der Waals surface area contributed by atoms with Gasteiger partial charge in [-0.15, -0.1) is 0 Å². The van der Waals surface area contributed by atoms with Gasteiger partial charge in [0.05, 0.1) is 0 Å². The number of nitrogens with one attached hydrogen (secondary N) is 1. The minimum atomic E-state index is 0.00586. The summed E-state index contributed by atoms with van der Waals surface area (Å²) in [5, 5.41) is 3.00. The first-order valence-corrected chi connectivity index (χ1v) is 6.12. The van der Waals surface area contributed by atoms with E-state index >= 15 is 0 Å². The highest BCUT2D eigenvalue weighted by molar-refractivity contribution is 5.93. The molecule has 0 atom stereocenters. The first kappa shape index (κ1) is 12.0. The van der Waals surface area contributed by atoms with Crippen LogP contribution in [-0.2, 0) is 0 Å². The van der Waals surface area contributed by atoms with E-state index in [1.54, 1.807) is 24.5 Å². The Morgan fingerprint density at radius 1 is 1.41 bits per heavy atom. The average Bonchev–Trinajstić information content (AvgIpc) is 2.39. The van der Waals surface area contributed by atoms with E-state index in [9.17, 15) is 4.79 Å². The lowest BCUT2D eigenvalue weighted by Crippen LogP contribution is -2.36. The number of carbonyl (C=O) groups excluding carboxylic acids is 1. The van der Waals surface area contributed by atoms with Crippen molar-refractivity contribution >= 4 is 5.91 Å². The molecule has 0 saturated carbocycles. The minimum absolute atomic E-state index is 0.00586. The molecular weight excluding hydrogens is 214 g/mol. The predicted octanol–water partition coefficient (Wildman–Crippen LogP) is 1.15. The first-order chi connectivity index (χ1) is 8.25. The van der Waals surface area contributed by atoms with Crippen molar-refractivity contribution in [2.75, 3.05) is 26.7 Å². The number of piperidine rings is 1. The van der Waals surface area contributed by atoms with Gasteiger partial charge in [-0.2, -0.15) is 0 Å². The van der Waals surface area contributed by atoms with Gasteiger partial charge in [0, 0.05) is 24.5 Å². The van der Waals surface area contributed by atoms with Crippen LogP contribution in [0.5, 0.6) is 0 Å². The van der Waals surface area contributed by atoms with E-state index in [1.807, 2.05) is 0 Å². The number of hydrogen-bond donors (Lipinski definition) is 1. The Morgan fingerprint density at radius 3 is 2.71 bits per heavy atom. The molecule has 1 amide bonds. The molecule has 1 aliphatic heterocycles. The quantitative estimate of drug-likeness (QED) is 0.852. The van der Waals surface area contributed by atoms with Crippen LogP contribution in [0.2, 0.25) is 0 Å². The smallest absolute Gasteiger partial charge is 0.251 e.